The van der Waals surface area contributed by atoms with E-state index < -0.39 is 23.7 Å². The summed E-state index contributed by atoms with van der Waals surface area (Å²) in [4.78, 5) is 21.4. The SMILES string of the molecule is COc1ccc(C(=O)C(=O)O)cc1C(F)F. The normalized spacial score (nSPS) is 10.2. The highest BCUT2D eigenvalue weighted by molar-refractivity contribution is 6.39. The van der Waals surface area contributed by atoms with Gasteiger partial charge in [0.25, 0.3) is 12.2 Å². The van der Waals surface area contributed by atoms with Crippen molar-refractivity contribution in [2.75, 3.05) is 7.11 Å². The zero-order valence-electron chi connectivity index (χ0n) is 8.24. The van der Waals surface area contributed by atoms with Gasteiger partial charge in [-0.1, -0.05) is 0 Å². The summed E-state index contributed by atoms with van der Waals surface area (Å²) in [5.74, 6) is -3.01. The van der Waals surface area contributed by atoms with Gasteiger partial charge in [0, 0.05) is 5.56 Å². The molecule has 0 saturated heterocycles. The average molecular weight is 230 g/mol. The van der Waals surface area contributed by atoms with Crippen LogP contribution in [-0.4, -0.2) is 24.0 Å². The van der Waals surface area contributed by atoms with E-state index in [1.54, 1.807) is 0 Å². The van der Waals surface area contributed by atoms with Crippen LogP contribution < -0.4 is 4.74 Å². The lowest BCUT2D eigenvalue weighted by Gasteiger charge is -2.08. The van der Waals surface area contributed by atoms with Crippen molar-refractivity contribution in [2.45, 2.75) is 6.43 Å². The molecule has 1 aromatic carbocycles. The maximum atomic E-state index is 12.5. The number of hydrogen-bond donors (Lipinski definition) is 1. The number of hydrogen-bond acceptors (Lipinski definition) is 3. The van der Waals surface area contributed by atoms with Gasteiger partial charge < -0.3 is 9.84 Å². The first kappa shape index (κ1) is 12.1. The maximum absolute atomic E-state index is 12.5. The van der Waals surface area contributed by atoms with Gasteiger partial charge in [0.15, 0.2) is 0 Å². The average Bonchev–Trinajstić information content (AvgIpc) is 2.26. The molecular weight excluding hydrogens is 222 g/mol. The minimum absolute atomic E-state index is 0.0862. The van der Waals surface area contributed by atoms with E-state index >= 15 is 0 Å². The molecule has 16 heavy (non-hydrogen) atoms. The number of aliphatic carboxylic acids is 1. The van der Waals surface area contributed by atoms with Gasteiger partial charge in [0.2, 0.25) is 0 Å². The van der Waals surface area contributed by atoms with Crippen molar-refractivity contribution >= 4 is 11.8 Å². The van der Waals surface area contributed by atoms with Crippen molar-refractivity contribution in [3.8, 4) is 5.75 Å². The molecule has 1 N–H and O–H groups in total. The molecule has 0 radical (unpaired) electrons. The predicted octanol–water partition coefficient (Wildman–Crippen LogP) is 1.90. The van der Waals surface area contributed by atoms with Crippen LogP contribution in [0, 0.1) is 0 Å². The Kier molecular flexibility index (Phi) is 3.55. The molecule has 0 unspecified atom stereocenters. The zero-order chi connectivity index (χ0) is 12.3. The summed E-state index contributed by atoms with van der Waals surface area (Å²) in [5.41, 5.74) is -0.807. The van der Waals surface area contributed by atoms with Gasteiger partial charge in [-0.2, -0.15) is 0 Å². The fourth-order valence-corrected chi connectivity index (χ4v) is 1.17. The fourth-order valence-electron chi connectivity index (χ4n) is 1.17. The first-order valence-corrected chi connectivity index (χ1v) is 4.21. The first-order valence-electron chi connectivity index (χ1n) is 4.21. The van der Waals surface area contributed by atoms with E-state index in [9.17, 15) is 18.4 Å². The van der Waals surface area contributed by atoms with Crippen LogP contribution in [0.3, 0.4) is 0 Å². The molecule has 0 fully saturated rings. The van der Waals surface area contributed by atoms with E-state index in [1.165, 1.54) is 7.11 Å². The Morgan fingerprint density at radius 1 is 1.38 bits per heavy atom. The number of ether oxygens (including phenoxy) is 1. The second-order valence-electron chi connectivity index (χ2n) is 2.89. The van der Waals surface area contributed by atoms with Crippen LogP contribution >= 0.6 is 0 Å². The third kappa shape index (κ3) is 2.33. The lowest BCUT2D eigenvalue weighted by atomic mass is 10.1. The second-order valence-corrected chi connectivity index (χ2v) is 2.89. The quantitative estimate of drug-likeness (QED) is 0.633. The molecule has 0 aliphatic heterocycles. The Morgan fingerprint density at radius 3 is 2.44 bits per heavy atom. The molecule has 0 amide bonds. The van der Waals surface area contributed by atoms with Crippen molar-refractivity contribution in [3.05, 3.63) is 29.3 Å². The van der Waals surface area contributed by atoms with Crippen molar-refractivity contribution in [2.24, 2.45) is 0 Å². The smallest absolute Gasteiger partial charge is 0.377 e. The van der Waals surface area contributed by atoms with E-state index in [4.69, 9.17) is 5.11 Å². The van der Waals surface area contributed by atoms with E-state index in [2.05, 4.69) is 4.74 Å². The lowest BCUT2D eigenvalue weighted by Crippen LogP contribution is -2.13. The number of carboxylic acids is 1. The number of benzene rings is 1. The van der Waals surface area contributed by atoms with E-state index in [0.717, 1.165) is 18.2 Å². The minimum Gasteiger partial charge on any atom is -0.496 e. The number of Topliss-reactive ketones (excluding diaryl/α,β-unsaturated/α-hetero) is 1. The molecule has 0 atom stereocenters. The molecule has 0 heterocycles. The van der Waals surface area contributed by atoms with Gasteiger partial charge in [-0.25, -0.2) is 13.6 Å². The van der Waals surface area contributed by atoms with Gasteiger partial charge in [-0.05, 0) is 18.2 Å². The van der Waals surface area contributed by atoms with Crippen LogP contribution in [0.4, 0.5) is 8.78 Å². The Labute approximate surface area is 89.5 Å². The Balaban J connectivity index is 3.22. The summed E-state index contributed by atoms with van der Waals surface area (Å²) in [5, 5.41) is 8.42. The number of rotatable bonds is 4. The summed E-state index contributed by atoms with van der Waals surface area (Å²) in [7, 11) is 1.21. The van der Waals surface area contributed by atoms with E-state index in [0.29, 0.717) is 0 Å². The number of ketones is 1. The standard InChI is InChI=1S/C10H8F2O4/c1-16-7-3-2-5(8(13)10(14)15)4-6(7)9(11)12/h2-4,9H,1H3,(H,14,15). The van der Waals surface area contributed by atoms with Crippen LogP contribution in [0.1, 0.15) is 22.3 Å². The van der Waals surface area contributed by atoms with Crippen LogP contribution in [0.15, 0.2) is 18.2 Å². The number of alkyl halides is 2. The summed E-state index contributed by atoms with van der Waals surface area (Å²) in [6.45, 7) is 0. The molecule has 86 valence electrons. The molecule has 0 bridgehead atoms. The highest BCUT2D eigenvalue weighted by atomic mass is 19.3. The van der Waals surface area contributed by atoms with Crippen molar-refractivity contribution < 1.29 is 28.2 Å². The lowest BCUT2D eigenvalue weighted by molar-refractivity contribution is -0.131. The molecular formula is C10H8F2O4. The van der Waals surface area contributed by atoms with Gasteiger partial charge in [-0.3, -0.25) is 4.79 Å². The number of carbonyl (C=O) groups excluding carboxylic acids is 1. The molecule has 0 aliphatic carbocycles. The van der Waals surface area contributed by atoms with Crippen molar-refractivity contribution in [1.82, 2.24) is 0 Å². The topological polar surface area (TPSA) is 63.6 Å². The molecule has 0 aromatic heterocycles. The van der Waals surface area contributed by atoms with Crippen LogP contribution in [0.2, 0.25) is 0 Å². The largest absolute Gasteiger partial charge is 0.496 e. The highest BCUT2D eigenvalue weighted by Gasteiger charge is 2.20. The van der Waals surface area contributed by atoms with Gasteiger partial charge in [0.1, 0.15) is 5.75 Å². The van der Waals surface area contributed by atoms with Crippen LogP contribution in [0.25, 0.3) is 0 Å². The monoisotopic (exact) mass is 230 g/mol. The molecule has 1 aromatic rings. The molecule has 6 heteroatoms. The van der Waals surface area contributed by atoms with E-state index in [-0.39, 0.29) is 11.3 Å². The van der Waals surface area contributed by atoms with Crippen LogP contribution in [-0.2, 0) is 4.79 Å². The fraction of sp³-hybridized carbons (Fsp3) is 0.200. The number of carboxylic acid groups (broad SMARTS) is 1. The summed E-state index contributed by atoms with van der Waals surface area (Å²) < 4.78 is 29.7. The van der Waals surface area contributed by atoms with Crippen molar-refractivity contribution in [1.29, 1.82) is 0 Å². The Hall–Kier alpha value is -1.98. The van der Waals surface area contributed by atoms with Gasteiger partial charge in [0.05, 0.1) is 12.7 Å². The predicted molar refractivity (Wildman–Crippen MR) is 49.9 cm³/mol. The first-order chi connectivity index (χ1) is 7.47. The molecule has 0 spiro atoms. The maximum Gasteiger partial charge on any atom is 0.377 e. The summed E-state index contributed by atoms with van der Waals surface area (Å²) in [6.07, 6.45) is -2.84. The number of methoxy groups -OCH3 is 1. The zero-order valence-corrected chi connectivity index (χ0v) is 8.24. The molecule has 1 rings (SSSR count). The molecule has 4 nitrogen and oxygen atoms in total. The van der Waals surface area contributed by atoms with Gasteiger partial charge >= 0.3 is 5.97 Å². The molecule has 0 saturated carbocycles. The number of halogens is 2. The van der Waals surface area contributed by atoms with Crippen molar-refractivity contribution in [3.63, 3.8) is 0 Å². The second kappa shape index (κ2) is 4.69. The van der Waals surface area contributed by atoms with Crippen LogP contribution in [0.5, 0.6) is 5.75 Å². The highest BCUT2D eigenvalue weighted by Crippen LogP contribution is 2.29. The Morgan fingerprint density at radius 2 is 2.00 bits per heavy atom. The third-order valence-electron chi connectivity index (χ3n) is 1.92. The van der Waals surface area contributed by atoms with E-state index in [1.807, 2.05) is 0 Å². The Bertz CT molecular complexity index is 429. The number of carbonyl (C=O) groups is 2. The third-order valence-corrected chi connectivity index (χ3v) is 1.92. The minimum atomic E-state index is -2.84. The summed E-state index contributed by atoms with van der Waals surface area (Å²) in [6, 6.07) is 3.08. The summed E-state index contributed by atoms with van der Waals surface area (Å²) >= 11 is 0. The van der Waals surface area contributed by atoms with Gasteiger partial charge in [-0.15, -0.1) is 0 Å². The molecule has 0 aliphatic rings.